The number of nitrogens with zero attached hydrogens (tertiary/aromatic N) is 1. The van der Waals surface area contributed by atoms with Crippen molar-refractivity contribution in [2.45, 2.75) is 37.9 Å². The molecule has 0 radical (unpaired) electrons. The number of halogens is 1. The molecule has 1 fully saturated rings. The minimum Gasteiger partial charge on any atom is -0.487 e. The smallest absolute Gasteiger partial charge is 0.221 e. The molecule has 2 aromatic carbocycles. The molecule has 7 nitrogen and oxygen atoms in total. The lowest BCUT2D eigenvalue weighted by molar-refractivity contribution is -0.114. The average molecular weight is 461 g/mol. The van der Waals surface area contributed by atoms with Crippen LogP contribution in [-0.2, 0) is 16.0 Å². The molecule has 2 N–H and O–H groups in total. The number of fused-ring (bicyclic) bond motifs is 1. The van der Waals surface area contributed by atoms with E-state index in [2.05, 4.69) is 10.2 Å². The van der Waals surface area contributed by atoms with Gasteiger partial charge in [-0.15, -0.1) is 0 Å². The molecule has 0 aliphatic carbocycles. The number of ether oxygens (including phenoxy) is 3. The fourth-order valence-electron chi connectivity index (χ4n) is 4.35. The topological polar surface area (TPSA) is 80.3 Å². The minimum atomic E-state index is -0.612. The summed E-state index contributed by atoms with van der Waals surface area (Å²) in [7, 11) is 0. The van der Waals surface area contributed by atoms with E-state index >= 15 is 0 Å². The fourth-order valence-corrected chi connectivity index (χ4v) is 4.54. The van der Waals surface area contributed by atoms with Crippen molar-refractivity contribution in [2.75, 3.05) is 38.4 Å². The van der Waals surface area contributed by atoms with Gasteiger partial charge in [-0.25, -0.2) is 0 Å². The molecule has 1 saturated heterocycles. The van der Waals surface area contributed by atoms with Crippen LogP contribution in [0, 0.1) is 0 Å². The van der Waals surface area contributed by atoms with Crippen molar-refractivity contribution in [1.82, 2.24) is 4.90 Å². The number of β-amino-alcohol motifs (C(OH)–C–C–N with tert-alkyl or cyclic N) is 1. The van der Waals surface area contributed by atoms with E-state index in [-0.39, 0.29) is 24.9 Å². The number of benzene rings is 2. The highest BCUT2D eigenvalue weighted by Crippen LogP contribution is 2.41. The van der Waals surface area contributed by atoms with Gasteiger partial charge in [-0.2, -0.15) is 0 Å². The first kappa shape index (κ1) is 22.9. The number of hydrogen-bond donors (Lipinski definition) is 2. The highest BCUT2D eigenvalue weighted by molar-refractivity contribution is 6.30. The summed E-state index contributed by atoms with van der Waals surface area (Å²) in [5.41, 5.74) is 1.62. The lowest BCUT2D eigenvalue weighted by Crippen LogP contribution is -2.49. The summed E-state index contributed by atoms with van der Waals surface area (Å²) < 4.78 is 17.4. The van der Waals surface area contributed by atoms with Crippen molar-refractivity contribution in [3.05, 3.63) is 53.1 Å². The number of aliphatic hydroxyl groups excluding tert-OH is 1. The van der Waals surface area contributed by atoms with Gasteiger partial charge < -0.3 is 29.5 Å². The van der Waals surface area contributed by atoms with Gasteiger partial charge in [0.15, 0.2) is 6.79 Å². The van der Waals surface area contributed by atoms with Crippen molar-refractivity contribution in [2.24, 2.45) is 0 Å². The molecule has 1 atom stereocenters. The number of likely N-dealkylation sites (tertiary alicyclic amines) is 1. The Bertz CT molecular complexity index is 946. The Balaban J connectivity index is 1.17. The third kappa shape index (κ3) is 5.72. The van der Waals surface area contributed by atoms with Crippen molar-refractivity contribution < 1.29 is 24.1 Å². The number of aliphatic hydroxyl groups is 1. The maximum Gasteiger partial charge on any atom is 0.221 e. The number of para-hydroxylation sites is 2. The van der Waals surface area contributed by atoms with E-state index in [1.165, 1.54) is 12.5 Å². The van der Waals surface area contributed by atoms with E-state index in [1.54, 1.807) is 12.1 Å². The van der Waals surface area contributed by atoms with Gasteiger partial charge in [-0.1, -0.05) is 23.7 Å². The molecular weight excluding hydrogens is 432 g/mol. The van der Waals surface area contributed by atoms with Gasteiger partial charge in [0.1, 0.15) is 17.1 Å². The lowest BCUT2D eigenvalue weighted by Gasteiger charge is -2.39. The first-order valence-electron chi connectivity index (χ1n) is 10.9. The van der Waals surface area contributed by atoms with E-state index in [9.17, 15) is 9.90 Å². The molecule has 2 aliphatic rings. The molecule has 0 aromatic heterocycles. The summed E-state index contributed by atoms with van der Waals surface area (Å²) >= 11 is 6.12. The summed E-state index contributed by atoms with van der Waals surface area (Å²) in [5, 5.41) is 13.8. The summed E-state index contributed by atoms with van der Waals surface area (Å²) in [6.07, 6.45) is 2.10. The molecule has 8 heteroatoms. The number of carbonyl (C=O) groups excluding carboxylic acids is 1. The maximum absolute atomic E-state index is 11.3. The van der Waals surface area contributed by atoms with Crippen LogP contribution < -0.4 is 14.8 Å². The molecule has 172 valence electrons. The number of rotatable bonds is 8. The second-order valence-corrected chi connectivity index (χ2v) is 8.92. The van der Waals surface area contributed by atoms with Crippen LogP contribution in [0.25, 0.3) is 0 Å². The molecule has 4 rings (SSSR count). The van der Waals surface area contributed by atoms with Crippen molar-refractivity contribution in [3.8, 4) is 11.5 Å². The SMILES string of the molecule is CC(=O)Nc1ccccc1OCOC[C@@H](O)CN1CCC2(CC1)Cc1cc(Cl)ccc1O2. The molecule has 0 bridgehead atoms. The zero-order chi connectivity index (χ0) is 22.6. The number of nitrogens with one attached hydrogen (secondary N) is 1. The van der Waals surface area contributed by atoms with Gasteiger partial charge in [0, 0.05) is 50.8 Å². The third-order valence-electron chi connectivity index (χ3n) is 5.90. The van der Waals surface area contributed by atoms with Gasteiger partial charge in [-0.3, -0.25) is 4.79 Å². The number of anilines is 1. The van der Waals surface area contributed by atoms with Crippen LogP contribution in [0.5, 0.6) is 11.5 Å². The van der Waals surface area contributed by atoms with Gasteiger partial charge in [-0.05, 0) is 35.9 Å². The normalized spacial score (nSPS) is 18.1. The molecular formula is C24H29ClN2O5. The molecule has 2 aliphatic heterocycles. The fraction of sp³-hybridized carbons (Fsp3) is 0.458. The van der Waals surface area contributed by atoms with E-state index in [0.29, 0.717) is 18.0 Å². The van der Waals surface area contributed by atoms with E-state index in [0.717, 1.165) is 43.1 Å². The second kappa shape index (κ2) is 10.1. The molecule has 1 spiro atoms. The van der Waals surface area contributed by atoms with E-state index < -0.39 is 6.10 Å². The first-order valence-corrected chi connectivity index (χ1v) is 11.3. The van der Waals surface area contributed by atoms with Gasteiger partial charge in [0.2, 0.25) is 5.91 Å². The average Bonchev–Trinajstić information content (AvgIpc) is 3.10. The van der Waals surface area contributed by atoms with Gasteiger partial charge in [0.05, 0.1) is 18.4 Å². The third-order valence-corrected chi connectivity index (χ3v) is 6.14. The highest BCUT2D eigenvalue weighted by atomic mass is 35.5. The van der Waals surface area contributed by atoms with Crippen LogP contribution in [0.3, 0.4) is 0 Å². The van der Waals surface area contributed by atoms with Crippen LogP contribution in [-0.4, -0.2) is 60.7 Å². The van der Waals surface area contributed by atoms with Crippen LogP contribution in [0.2, 0.25) is 5.02 Å². The molecule has 2 heterocycles. The standard InChI is InChI=1S/C24H29ClN2O5/c1-17(28)26-21-4-2-3-5-23(21)31-16-30-15-20(29)14-27-10-8-24(9-11-27)13-18-12-19(25)6-7-22(18)32-24/h2-7,12,20,29H,8-11,13-16H2,1H3,(H,26,28)/t20-/m0/s1. The summed E-state index contributed by atoms with van der Waals surface area (Å²) in [6.45, 7) is 3.87. The van der Waals surface area contributed by atoms with Crippen LogP contribution in [0.4, 0.5) is 5.69 Å². The Labute approximate surface area is 193 Å². The van der Waals surface area contributed by atoms with Crippen LogP contribution in [0.15, 0.2) is 42.5 Å². The molecule has 32 heavy (non-hydrogen) atoms. The largest absolute Gasteiger partial charge is 0.487 e. The van der Waals surface area contributed by atoms with Gasteiger partial charge >= 0.3 is 0 Å². The number of carbonyl (C=O) groups is 1. The molecule has 2 aromatic rings. The molecule has 1 amide bonds. The minimum absolute atomic E-state index is 0.00850. The quantitative estimate of drug-likeness (QED) is 0.463. The zero-order valence-corrected chi connectivity index (χ0v) is 18.9. The summed E-state index contributed by atoms with van der Waals surface area (Å²) in [4.78, 5) is 13.5. The van der Waals surface area contributed by atoms with E-state index in [1.807, 2.05) is 30.3 Å². The Morgan fingerprint density at radius 1 is 1.28 bits per heavy atom. The lowest BCUT2D eigenvalue weighted by atomic mass is 9.87. The number of hydrogen-bond acceptors (Lipinski definition) is 6. The van der Waals surface area contributed by atoms with Gasteiger partial charge in [0.25, 0.3) is 0 Å². The number of piperidine rings is 1. The highest BCUT2D eigenvalue weighted by Gasteiger charge is 2.42. The summed E-state index contributed by atoms with van der Waals surface area (Å²) in [5.74, 6) is 1.30. The van der Waals surface area contributed by atoms with Crippen molar-refractivity contribution in [1.29, 1.82) is 0 Å². The summed E-state index contributed by atoms with van der Waals surface area (Å²) in [6, 6.07) is 13.0. The Morgan fingerprint density at radius 3 is 2.84 bits per heavy atom. The van der Waals surface area contributed by atoms with E-state index in [4.69, 9.17) is 25.8 Å². The maximum atomic E-state index is 11.3. The molecule has 0 unspecified atom stereocenters. The monoisotopic (exact) mass is 460 g/mol. The zero-order valence-electron chi connectivity index (χ0n) is 18.2. The molecule has 0 saturated carbocycles. The number of amides is 1. The predicted octanol–water partition coefficient (Wildman–Crippen LogP) is 3.48. The predicted molar refractivity (Wildman–Crippen MR) is 122 cm³/mol. The Kier molecular flexibility index (Phi) is 7.20. The van der Waals surface area contributed by atoms with Crippen molar-refractivity contribution >= 4 is 23.2 Å². The Morgan fingerprint density at radius 2 is 2.06 bits per heavy atom. The van der Waals surface area contributed by atoms with Crippen LogP contribution in [0.1, 0.15) is 25.3 Å². The second-order valence-electron chi connectivity index (χ2n) is 8.48. The first-order chi connectivity index (χ1) is 15.4. The van der Waals surface area contributed by atoms with Crippen LogP contribution >= 0.6 is 11.6 Å². The Hall–Kier alpha value is -2.32. The van der Waals surface area contributed by atoms with Crippen molar-refractivity contribution in [3.63, 3.8) is 0 Å².